The van der Waals surface area contributed by atoms with Crippen LogP contribution in [-0.4, -0.2) is 42.6 Å². The minimum Gasteiger partial charge on any atom is -0.330 e. The first-order valence-electron chi connectivity index (χ1n) is 12.1. The van der Waals surface area contributed by atoms with Crippen molar-refractivity contribution in [2.75, 3.05) is 13.1 Å². The number of H-pyrrole nitrogens is 1. The number of fused-ring (bicyclic) bond motifs is 2. The number of benzene rings is 2. The summed E-state index contributed by atoms with van der Waals surface area (Å²) >= 11 is 0. The van der Waals surface area contributed by atoms with Crippen molar-refractivity contribution < 1.29 is 0 Å². The van der Waals surface area contributed by atoms with Crippen molar-refractivity contribution in [3.8, 4) is 22.5 Å². The molecule has 2 fully saturated rings. The van der Waals surface area contributed by atoms with Gasteiger partial charge in [0.2, 0.25) is 0 Å². The van der Waals surface area contributed by atoms with E-state index in [-0.39, 0.29) is 0 Å². The van der Waals surface area contributed by atoms with Gasteiger partial charge in [0.1, 0.15) is 5.82 Å². The quantitative estimate of drug-likeness (QED) is 0.420. The molecule has 5 aromatic rings. The van der Waals surface area contributed by atoms with Crippen molar-refractivity contribution in [1.82, 2.24) is 34.8 Å². The number of hydrogen-bond acceptors (Lipinski definition) is 4. The molecule has 34 heavy (non-hydrogen) atoms. The smallest absolute Gasteiger partial charge is 0.112 e. The third-order valence-corrected chi connectivity index (χ3v) is 8.23. The van der Waals surface area contributed by atoms with Crippen LogP contribution in [0.25, 0.3) is 44.3 Å². The van der Waals surface area contributed by atoms with Crippen molar-refractivity contribution in [3.63, 3.8) is 0 Å². The molecule has 0 radical (unpaired) electrons. The molecular weight excluding hydrogens is 422 g/mol. The van der Waals surface area contributed by atoms with Crippen LogP contribution in [0.2, 0.25) is 0 Å². The number of rotatable bonds is 3. The van der Waals surface area contributed by atoms with Gasteiger partial charge in [-0.15, -0.1) is 0 Å². The number of nitrogens with one attached hydrogen (secondary N) is 2. The largest absolute Gasteiger partial charge is 0.330 e. The maximum atomic E-state index is 5.36. The van der Waals surface area contributed by atoms with Gasteiger partial charge in [0.25, 0.3) is 0 Å². The molecule has 1 aliphatic carbocycles. The van der Waals surface area contributed by atoms with Crippen molar-refractivity contribution >= 4 is 21.8 Å². The van der Waals surface area contributed by atoms with Crippen LogP contribution in [0.3, 0.4) is 0 Å². The first-order chi connectivity index (χ1) is 16.4. The average Bonchev–Trinajstić information content (AvgIpc) is 3.44. The Morgan fingerprint density at radius 3 is 2.62 bits per heavy atom. The van der Waals surface area contributed by atoms with Crippen LogP contribution in [0.4, 0.5) is 0 Å². The zero-order valence-corrected chi connectivity index (χ0v) is 20.1. The van der Waals surface area contributed by atoms with Crippen LogP contribution in [0, 0.1) is 19.3 Å². The lowest BCUT2D eigenvalue weighted by Gasteiger charge is -2.54. The molecular formula is C27H29N7. The Balaban J connectivity index is 1.46. The minimum absolute atomic E-state index is 0.503. The van der Waals surface area contributed by atoms with E-state index in [4.69, 9.17) is 4.98 Å². The molecule has 172 valence electrons. The lowest BCUT2D eigenvalue weighted by molar-refractivity contribution is 0.0321. The predicted octanol–water partition coefficient (Wildman–Crippen LogP) is 4.60. The van der Waals surface area contributed by atoms with Crippen LogP contribution in [0.1, 0.15) is 35.8 Å². The monoisotopic (exact) mass is 451 g/mol. The highest BCUT2D eigenvalue weighted by Crippen LogP contribution is 2.54. The number of aromatic amines is 1. The van der Waals surface area contributed by atoms with E-state index in [9.17, 15) is 0 Å². The molecule has 4 heterocycles. The van der Waals surface area contributed by atoms with Gasteiger partial charge in [0.05, 0.1) is 34.3 Å². The molecule has 1 saturated carbocycles. The van der Waals surface area contributed by atoms with Gasteiger partial charge >= 0.3 is 0 Å². The second-order valence-corrected chi connectivity index (χ2v) is 10.5. The maximum Gasteiger partial charge on any atom is 0.112 e. The van der Waals surface area contributed by atoms with E-state index in [1.165, 1.54) is 40.9 Å². The predicted molar refractivity (Wildman–Crippen MR) is 135 cm³/mol. The zero-order chi connectivity index (χ0) is 23.2. The van der Waals surface area contributed by atoms with E-state index in [0.717, 1.165) is 46.5 Å². The van der Waals surface area contributed by atoms with Gasteiger partial charge in [-0.2, -0.15) is 10.2 Å². The number of aryl methyl sites for hydroxylation is 3. The fourth-order valence-electron chi connectivity index (χ4n) is 6.33. The molecule has 0 amide bonds. The summed E-state index contributed by atoms with van der Waals surface area (Å²) in [4.78, 5) is 5.36. The van der Waals surface area contributed by atoms with E-state index in [1.807, 2.05) is 17.9 Å². The molecule has 1 spiro atoms. The Labute approximate surface area is 198 Å². The van der Waals surface area contributed by atoms with Gasteiger partial charge in [-0.25, -0.2) is 4.98 Å². The SMILES string of the molecule is Cc1ccc2[nH]ncc2c1-c1c(-c2ccc3c(c2)c(C)nn3C)nc(C2CC3(CNC3)C2)n1C. The van der Waals surface area contributed by atoms with Crippen molar-refractivity contribution in [2.24, 2.45) is 19.5 Å². The van der Waals surface area contributed by atoms with Gasteiger partial charge in [-0.1, -0.05) is 12.1 Å². The lowest BCUT2D eigenvalue weighted by Crippen LogP contribution is -2.59. The molecule has 7 heteroatoms. The molecule has 3 aromatic heterocycles. The second-order valence-electron chi connectivity index (χ2n) is 10.5. The van der Waals surface area contributed by atoms with E-state index in [0.29, 0.717) is 11.3 Å². The molecule has 7 rings (SSSR count). The molecule has 2 N–H and O–H groups in total. The van der Waals surface area contributed by atoms with Gasteiger partial charge < -0.3 is 9.88 Å². The lowest BCUT2D eigenvalue weighted by atomic mass is 9.58. The van der Waals surface area contributed by atoms with Gasteiger partial charge in [-0.3, -0.25) is 9.78 Å². The van der Waals surface area contributed by atoms with Crippen LogP contribution in [0.15, 0.2) is 36.5 Å². The van der Waals surface area contributed by atoms with Crippen LogP contribution in [0.5, 0.6) is 0 Å². The van der Waals surface area contributed by atoms with Crippen LogP contribution < -0.4 is 5.32 Å². The Bertz CT molecular complexity index is 1590. The Morgan fingerprint density at radius 1 is 1.03 bits per heavy atom. The van der Waals surface area contributed by atoms with E-state index < -0.39 is 0 Å². The molecule has 2 aromatic carbocycles. The van der Waals surface area contributed by atoms with E-state index >= 15 is 0 Å². The average molecular weight is 452 g/mol. The Kier molecular flexibility index (Phi) is 3.99. The topological polar surface area (TPSA) is 76.3 Å². The Hall–Kier alpha value is -3.45. The highest BCUT2D eigenvalue weighted by molar-refractivity contribution is 5.99. The fraction of sp³-hybridized carbons (Fsp3) is 0.370. The standard InChI is InChI=1S/C27H29N7/c1-15-5-7-21-20(12-29-31-21)23(15)25-24(17-6-8-22-19(9-17)16(2)32-34(22)4)30-26(33(25)3)18-10-27(11-18)13-28-14-27/h5-9,12,18,28H,10-11,13-14H2,1-4H3,(H,29,31). The molecule has 0 unspecified atom stereocenters. The van der Waals surface area contributed by atoms with Crippen molar-refractivity contribution in [3.05, 3.63) is 53.6 Å². The first kappa shape index (κ1) is 20.0. The van der Waals surface area contributed by atoms with Crippen molar-refractivity contribution in [2.45, 2.75) is 32.6 Å². The summed E-state index contributed by atoms with van der Waals surface area (Å²) < 4.78 is 4.31. The number of nitrogens with zero attached hydrogens (tertiary/aromatic N) is 5. The summed E-state index contributed by atoms with van der Waals surface area (Å²) in [6, 6.07) is 10.9. The molecule has 7 nitrogen and oxygen atoms in total. The first-order valence-corrected chi connectivity index (χ1v) is 12.1. The number of hydrogen-bond donors (Lipinski definition) is 2. The number of aromatic nitrogens is 6. The maximum absolute atomic E-state index is 5.36. The number of imidazole rings is 1. The van der Waals surface area contributed by atoms with Crippen molar-refractivity contribution in [1.29, 1.82) is 0 Å². The van der Waals surface area contributed by atoms with E-state index in [2.05, 4.69) is 76.4 Å². The minimum atomic E-state index is 0.503. The van der Waals surface area contributed by atoms with E-state index in [1.54, 1.807) is 0 Å². The molecule has 0 atom stereocenters. The third kappa shape index (κ3) is 2.64. The summed E-state index contributed by atoms with van der Waals surface area (Å²) in [5.74, 6) is 1.71. The summed E-state index contributed by atoms with van der Waals surface area (Å²) in [6.45, 7) is 6.56. The highest BCUT2D eigenvalue weighted by Gasteiger charge is 2.50. The molecule has 0 bridgehead atoms. The van der Waals surface area contributed by atoms with Gasteiger partial charge in [0, 0.05) is 55.0 Å². The normalized spacial score (nSPS) is 17.5. The van der Waals surface area contributed by atoms with Crippen LogP contribution in [-0.2, 0) is 14.1 Å². The summed E-state index contributed by atoms with van der Waals surface area (Å²) in [5, 5.41) is 17.9. The molecule has 2 aliphatic rings. The molecule has 1 saturated heterocycles. The van der Waals surface area contributed by atoms with Crippen LogP contribution >= 0.6 is 0 Å². The fourth-order valence-corrected chi connectivity index (χ4v) is 6.33. The molecule has 1 aliphatic heterocycles. The third-order valence-electron chi connectivity index (χ3n) is 8.23. The summed E-state index contributed by atoms with van der Waals surface area (Å²) in [5.41, 5.74) is 9.55. The van der Waals surface area contributed by atoms with Gasteiger partial charge in [0.15, 0.2) is 0 Å². The summed E-state index contributed by atoms with van der Waals surface area (Å²) in [6.07, 6.45) is 4.39. The zero-order valence-electron chi connectivity index (χ0n) is 20.1. The van der Waals surface area contributed by atoms with Gasteiger partial charge in [-0.05, 0) is 55.9 Å². The summed E-state index contributed by atoms with van der Waals surface area (Å²) in [7, 11) is 4.20. The Morgan fingerprint density at radius 2 is 1.85 bits per heavy atom. The highest BCUT2D eigenvalue weighted by atomic mass is 15.3. The second kappa shape index (κ2) is 6.79.